The molecule has 0 bridgehead atoms. The van der Waals surface area contributed by atoms with Crippen LogP contribution in [0.25, 0.3) is 44.1 Å². The number of methoxy groups -OCH3 is 2. The second-order valence-corrected chi connectivity index (χ2v) is 9.67. The van der Waals surface area contributed by atoms with Crippen LogP contribution in [0.2, 0.25) is 0 Å². The van der Waals surface area contributed by atoms with Crippen LogP contribution in [-0.2, 0) is 9.47 Å². The predicted octanol–water partition coefficient (Wildman–Crippen LogP) is 7.61. The molecule has 4 aromatic heterocycles. The Morgan fingerprint density at radius 3 is 1.91 bits per heavy atom. The molecule has 0 unspecified atom stereocenters. The van der Waals surface area contributed by atoms with E-state index in [-0.39, 0.29) is 13.4 Å². The topological polar surface area (TPSA) is 122 Å². The van der Waals surface area contributed by atoms with E-state index >= 15 is 0 Å². The molecule has 217 valence electrons. The minimum absolute atomic E-state index is 0. The summed E-state index contributed by atoms with van der Waals surface area (Å²) in [5.74, 6) is -0.755. The normalized spacial score (nSPS) is 9.93. The summed E-state index contributed by atoms with van der Waals surface area (Å²) < 4.78 is 12.9. The van der Waals surface area contributed by atoms with Gasteiger partial charge in [0.05, 0.1) is 18.7 Å². The monoisotopic (exact) mass is 656 g/mol. The van der Waals surface area contributed by atoms with Crippen LogP contribution in [0.5, 0.6) is 0 Å². The quantitative estimate of drug-likeness (QED) is 0.102. The Morgan fingerprint density at radius 1 is 0.814 bits per heavy atom. The van der Waals surface area contributed by atoms with Crippen molar-refractivity contribution < 1.29 is 19.1 Å². The average Bonchev–Trinajstić information content (AvgIpc) is 3.62. The summed E-state index contributed by atoms with van der Waals surface area (Å²) >= 11 is 6.62. The number of benzene rings is 2. The Hall–Kier alpha value is -4.55. The number of aromatic amines is 2. The summed E-state index contributed by atoms with van der Waals surface area (Å²) in [4.78, 5) is 37.5. The number of thiol groups is 1. The number of carbonyl (C=O) groups excluding carboxylic acids is 2. The van der Waals surface area contributed by atoms with E-state index in [0.29, 0.717) is 11.4 Å². The van der Waals surface area contributed by atoms with E-state index in [1.807, 2.05) is 66.9 Å². The van der Waals surface area contributed by atoms with E-state index in [2.05, 4.69) is 60.6 Å². The number of aromatic nitrogens is 4. The first-order valence-electron chi connectivity index (χ1n) is 12.4. The molecule has 0 atom stereocenters. The van der Waals surface area contributed by atoms with Crippen molar-refractivity contribution in [1.29, 1.82) is 0 Å². The number of pyridine rings is 2. The van der Waals surface area contributed by atoms with Gasteiger partial charge >= 0.3 is 36.7 Å². The van der Waals surface area contributed by atoms with Gasteiger partial charge in [-0.2, -0.15) is 0 Å². The van der Waals surface area contributed by atoms with Crippen LogP contribution >= 0.6 is 28.7 Å². The molecule has 0 aliphatic heterocycles. The maximum absolute atomic E-state index is 11.7. The predicted molar refractivity (Wildman–Crippen MR) is 177 cm³/mol. The molecule has 0 aliphatic carbocycles. The average molecular weight is 657 g/mol. The van der Waals surface area contributed by atoms with Gasteiger partial charge in [0, 0.05) is 57.7 Å². The van der Waals surface area contributed by atoms with Gasteiger partial charge in [0.2, 0.25) is 0 Å². The summed E-state index contributed by atoms with van der Waals surface area (Å²) in [6.07, 6.45) is 7.10. The Morgan fingerprint density at radius 2 is 1.37 bits per heavy atom. The van der Waals surface area contributed by atoms with Crippen molar-refractivity contribution in [3.05, 3.63) is 107 Å². The molecule has 2 N–H and O–H groups in total. The second kappa shape index (κ2) is 15.6. The Labute approximate surface area is 263 Å². The molecule has 9 nitrogen and oxygen atoms in total. The van der Waals surface area contributed by atoms with Gasteiger partial charge in [0.1, 0.15) is 11.4 Å². The van der Waals surface area contributed by atoms with Crippen molar-refractivity contribution in [3.63, 3.8) is 0 Å². The number of hydrogen-bond donors (Lipinski definition) is 3. The third kappa shape index (κ3) is 7.85. The number of H-pyrrole nitrogens is 2. The minimum atomic E-state index is -0.393. The summed E-state index contributed by atoms with van der Waals surface area (Å²) in [6.45, 7) is 0. The van der Waals surface area contributed by atoms with Crippen molar-refractivity contribution in [2.45, 2.75) is 7.43 Å². The number of rotatable bonds is 4. The molecular formula is C31H28BBrN5O4S. The molecule has 0 spiro atoms. The Kier molecular flexibility index (Phi) is 12.0. The number of esters is 2. The number of carbonyl (C=O) groups is 2. The molecule has 43 heavy (non-hydrogen) atoms. The molecule has 12 heteroatoms. The molecule has 1 radical (unpaired) electrons. The Bertz CT molecular complexity index is 1850. The van der Waals surface area contributed by atoms with Gasteiger partial charge in [-0.15, -0.1) is 0 Å². The van der Waals surface area contributed by atoms with Gasteiger partial charge in [0.25, 0.3) is 0 Å². The van der Waals surface area contributed by atoms with E-state index in [4.69, 9.17) is 9.47 Å². The van der Waals surface area contributed by atoms with Crippen LogP contribution in [-0.4, -0.2) is 53.7 Å². The van der Waals surface area contributed by atoms with E-state index in [9.17, 15) is 9.59 Å². The number of halogens is 1. The summed E-state index contributed by atoms with van der Waals surface area (Å²) in [6, 6.07) is 21.5. The van der Waals surface area contributed by atoms with E-state index in [0.717, 1.165) is 48.5 Å². The first-order chi connectivity index (χ1) is 20.4. The summed E-state index contributed by atoms with van der Waals surface area (Å²) in [7, 11) is 7.07. The van der Waals surface area contributed by atoms with Gasteiger partial charge in [-0.25, -0.2) is 9.59 Å². The molecule has 0 amide bonds. The third-order valence-corrected chi connectivity index (χ3v) is 6.97. The Balaban J connectivity index is 0.000000212. The molecule has 6 aromatic rings. The fraction of sp³-hybridized carbons (Fsp3) is 0.0968. The van der Waals surface area contributed by atoms with Crippen LogP contribution < -0.4 is 0 Å². The number of nitrogens with zero attached hydrogens (tertiary/aromatic N) is 3. The number of hydrogen-bond acceptors (Lipinski definition) is 8. The van der Waals surface area contributed by atoms with Crippen LogP contribution in [0.4, 0.5) is 0 Å². The number of fused-ring (bicyclic) bond motifs is 2. The zero-order valence-electron chi connectivity index (χ0n) is 22.5. The fourth-order valence-electron chi connectivity index (χ4n) is 4.18. The van der Waals surface area contributed by atoms with Gasteiger partial charge in [-0.1, -0.05) is 43.8 Å². The molecule has 2 aromatic carbocycles. The zero-order chi connectivity index (χ0) is 30.1. The van der Waals surface area contributed by atoms with Crippen LogP contribution in [0.15, 0.2) is 100 Å². The molecule has 0 aliphatic rings. The standard InChI is InChI=1S/C15H11BrN2O2.C15H12N2O2.CH4.BHNS/c1-20-15(19)14-13(16)11-5-4-9(7-12(11)18-14)10-3-2-6-17-8-10;1-19-15(18)14-8-11-5-4-10(7-13(11)17-14)12-3-2-6-16-9-12;;1-2-3/h2-8,18H,1H3;2-9,17H,1H3;1H4;3H. The van der Waals surface area contributed by atoms with Gasteiger partial charge < -0.3 is 19.4 Å². The van der Waals surface area contributed by atoms with Crippen molar-refractivity contribution in [2.24, 2.45) is 4.30 Å². The zero-order valence-corrected chi connectivity index (χ0v) is 25.0. The van der Waals surface area contributed by atoms with Crippen molar-refractivity contribution in [1.82, 2.24) is 19.9 Å². The van der Waals surface area contributed by atoms with Crippen LogP contribution in [0.3, 0.4) is 0 Å². The first kappa shape index (κ1) is 33.0. The van der Waals surface area contributed by atoms with Gasteiger partial charge in [0.15, 0.2) is 0 Å². The number of nitrogens with one attached hydrogen (secondary N) is 2. The van der Waals surface area contributed by atoms with E-state index in [1.165, 1.54) is 14.2 Å². The molecule has 4 heterocycles. The fourth-order valence-corrected chi connectivity index (χ4v) is 4.79. The van der Waals surface area contributed by atoms with E-state index < -0.39 is 5.97 Å². The van der Waals surface area contributed by atoms with E-state index in [1.54, 1.807) is 24.7 Å². The van der Waals surface area contributed by atoms with Gasteiger partial charge in [-0.3, -0.25) is 9.97 Å². The summed E-state index contributed by atoms with van der Waals surface area (Å²) in [5.41, 5.74) is 6.82. The molecule has 0 fully saturated rings. The third-order valence-electron chi connectivity index (χ3n) is 6.14. The molecule has 0 saturated heterocycles. The maximum atomic E-state index is 11.7. The summed E-state index contributed by atoms with van der Waals surface area (Å²) in [5, 5.41) is 1.92. The SMILES string of the molecule is C.COC(=O)c1[nH]c2cc(-c3cccnc3)ccc2c1Br.COC(=O)c1cc2ccc(-c3cccnc3)cc2[nH]1.[B]=NS. The van der Waals surface area contributed by atoms with Crippen molar-refractivity contribution in [3.8, 4) is 22.3 Å². The van der Waals surface area contributed by atoms with Gasteiger partial charge in [-0.05, 0) is 57.4 Å². The molecule has 0 saturated carbocycles. The molecular weight excluding hydrogens is 629 g/mol. The first-order valence-corrected chi connectivity index (χ1v) is 13.5. The molecule has 6 rings (SSSR count). The van der Waals surface area contributed by atoms with Crippen molar-refractivity contribution >= 4 is 70.1 Å². The number of ether oxygens (including phenoxy) is 2. The second-order valence-electron chi connectivity index (χ2n) is 8.64. The van der Waals surface area contributed by atoms with Crippen LogP contribution in [0.1, 0.15) is 28.4 Å². The van der Waals surface area contributed by atoms with Crippen LogP contribution in [0, 0.1) is 0 Å². The van der Waals surface area contributed by atoms with Crippen molar-refractivity contribution in [2.75, 3.05) is 14.2 Å².